The Hall–Kier alpha value is -1.06. The summed E-state index contributed by atoms with van der Waals surface area (Å²) in [6.45, 7) is 2.25. The van der Waals surface area contributed by atoms with Crippen molar-refractivity contribution in [2.24, 2.45) is 5.84 Å². The lowest BCUT2D eigenvalue weighted by Gasteiger charge is -2.22. The molecule has 0 fully saturated rings. The van der Waals surface area contributed by atoms with Crippen LogP contribution in [0.4, 0.5) is 0 Å². The number of para-hydroxylation sites is 1. The molecular weight excluding hydrogens is 248 g/mol. The Labute approximate surface area is 122 Å². The fraction of sp³-hybridized carbons (Fsp3) is 0.647. The van der Waals surface area contributed by atoms with Gasteiger partial charge in [-0.15, -0.1) is 0 Å². The third-order valence-corrected chi connectivity index (χ3v) is 4.20. The molecule has 2 rings (SSSR count). The fourth-order valence-electron chi connectivity index (χ4n) is 2.95. The standard InChI is InChI=1S/C17H28N2O/c1-2-3-4-5-6-7-11-15(19-18)17-13-14-10-8-9-12-16(14)20-17/h8-10,12,15,17,19H,2-7,11,13,18H2,1H3. The quantitative estimate of drug-likeness (QED) is 0.412. The SMILES string of the molecule is CCCCCCCCC(NN)C1Cc2ccccc2O1. The van der Waals surface area contributed by atoms with Crippen LogP contribution in [0.1, 0.15) is 57.4 Å². The first kappa shape index (κ1) is 15.3. The number of nitrogens with two attached hydrogens (primary N) is 1. The molecule has 2 atom stereocenters. The molecule has 0 saturated heterocycles. The Kier molecular flexibility index (Phi) is 6.34. The van der Waals surface area contributed by atoms with E-state index in [4.69, 9.17) is 10.6 Å². The number of nitrogens with one attached hydrogen (secondary N) is 1. The second-order valence-electron chi connectivity index (χ2n) is 5.80. The number of hydrogen-bond acceptors (Lipinski definition) is 3. The zero-order valence-electron chi connectivity index (χ0n) is 12.6. The highest BCUT2D eigenvalue weighted by molar-refractivity contribution is 5.37. The zero-order chi connectivity index (χ0) is 14.2. The average Bonchev–Trinajstić information content (AvgIpc) is 2.90. The first-order chi connectivity index (χ1) is 9.85. The maximum Gasteiger partial charge on any atom is 0.123 e. The van der Waals surface area contributed by atoms with E-state index in [0.717, 1.165) is 18.6 Å². The van der Waals surface area contributed by atoms with Gasteiger partial charge in [0.25, 0.3) is 0 Å². The van der Waals surface area contributed by atoms with Gasteiger partial charge in [-0.3, -0.25) is 11.3 Å². The fourth-order valence-corrected chi connectivity index (χ4v) is 2.95. The topological polar surface area (TPSA) is 47.3 Å². The summed E-state index contributed by atoms with van der Waals surface area (Å²) in [5.41, 5.74) is 4.26. The molecule has 112 valence electrons. The van der Waals surface area contributed by atoms with Gasteiger partial charge in [0.2, 0.25) is 0 Å². The predicted molar refractivity (Wildman–Crippen MR) is 83.7 cm³/mol. The minimum Gasteiger partial charge on any atom is -0.488 e. The van der Waals surface area contributed by atoms with Crippen molar-refractivity contribution < 1.29 is 4.74 Å². The number of unbranched alkanes of at least 4 members (excludes halogenated alkanes) is 5. The molecule has 1 heterocycles. The number of rotatable bonds is 9. The molecule has 3 heteroatoms. The van der Waals surface area contributed by atoms with Gasteiger partial charge in [-0.2, -0.15) is 0 Å². The third kappa shape index (κ3) is 4.22. The van der Waals surface area contributed by atoms with Crippen LogP contribution >= 0.6 is 0 Å². The highest BCUT2D eigenvalue weighted by Crippen LogP contribution is 2.30. The van der Waals surface area contributed by atoms with E-state index in [1.54, 1.807) is 0 Å². The van der Waals surface area contributed by atoms with Gasteiger partial charge in [0.1, 0.15) is 11.9 Å². The Morgan fingerprint density at radius 1 is 1.20 bits per heavy atom. The number of hydrazine groups is 1. The monoisotopic (exact) mass is 276 g/mol. The summed E-state index contributed by atoms with van der Waals surface area (Å²) in [5.74, 6) is 6.75. The number of hydrogen-bond donors (Lipinski definition) is 2. The van der Waals surface area contributed by atoms with Gasteiger partial charge < -0.3 is 4.74 Å². The van der Waals surface area contributed by atoms with Crippen LogP contribution in [0, 0.1) is 0 Å². The van der Waals surface area contributed by atoms with Gasteiger partial charge in [0.05, 0.1) is 6.04 Å². The summed E-state index contributed by atoms with van der Waals surface area (Å²) in [6.07, 6.45) is 10.2. The number of fused-ring (bicyclic) bond motifs is 1. The highest BCUT2D eigenvalue weighted by atomic mass is 16.5. The molecule has 2 unspecified atom stereocenters. The third-order valence-electron chi connectivity index (χ3n) is 4.20. The molecule has 0 amide bonds. The number of ether oxygens (including phenoxy) is 1. The Bertz CT molecular complexity index is 369. The van der Waals surface area contributed by atoms with Gasteiger partial charge in [0, 0.05) is 6.42 Å². The molecule has 1 aliphatic rings. The molecule has 3 N–H and O–H groups in total. The molecule has 0 radical (unpaired) electrons. The summed E-state index contributed by atoms with van der Waals surface area (Å²) in [5, 5.41) is 0. The van der Waals surface area contributed by atoms with Crippen LogP contribution < -0.4 is 16.0 Å². The molecule has 0 saturated carbocycles. The van der Waals surface area contributed by atoms with Gasteiger partial charge in [-0.25, -0.2) is 0 Å². The van der Waals surface area contributed by atoms with E-state index in [1.165, 1.54) is 44.1 Å². The lowest BCUT2D eigenvalue weighted by molar-refractivity contribution is 0.170. The summed E-state index contributed by atoms with van der Waals surface area (Å²) in [4.78, 5) is 0. The van der Waals surface area contributed by atoms with E-state index in [1.807, 2.05) is 12.1 Å². The largest absolute Gasteiger partial charge is 0.488 e. The molecular formula is C17H28N2O. The van der Waals surface area contributed by atoms with E-state index in [9.17, 15) is 0 Å². The Morgan fingerprint density at radius 2 is 1.95 bits per heavy atom. The lowest BCUT2D eigenvalue weighted by Crippen LogP contribution is -2.46. The first-order valence-electron chi connectivity index (χ1n) is 8.06. The second kappa shape index (κ2) is 8.28. The molecule has 3 nitrogen and oxygen atoms in total. The van der Waals surface area contributed by atoms with Gasteiger partial charge >= 0.3 is 0 Å². The van der Waals surface area contributed by atoms with Gasteiger partial charge in [-0.05, 0) is 18.1 Å². The summed E-state index contributed by atoms with van der Waals surface area (Å²) < 4.78 is 6.01. The van der Waals surface area contributed by atoms with E-state index >= 15 is 0 Å². The van der Waals surface area contributed by atoms with E-state index in [-0.39, 0.29) is 12.1 Å². The highest BCUT2D eigenvalue weighted by Gasteiger charge is 2.29. The predicted octanol–water partition coefficient (Wildman–Crippen LogP) is 3.57. The minimum absolute atomic E-state index is 0.188. The smallest absolute Gasteiger partial charge is 0.123 e. The molecule has 20 heavy (non-hydrogen) atoms. The van der Waals surface area contributed by atoms with Crippen molar-refractivity contribution in [3.05, 3.63) is 29.8 Å². The average molecular weight is 276 g/mol. The molecule has 0 spiro atoms. The van der Waals surface area contributed by atoms with Crippen molar-refractivity contribution in [1.82, 2.24) is 5.43 Å². The van der Waals surface area contributed by atoms with Crippen LogP contribution in [0.5, 0.6) is 5.75 Å². The van der Waals surface area contributed by atoms with Crippen molar-refractivity contribution in [3.63, 3.8) is 0 Å². The van der Waals surface area contributed by atoms with Crippen LogP contribution in [0.2, 0.25) is 0 Å². The molecule has 1 aromatic carbocycles. The summed E-state index contributed by atoms with van der Waals surface area (Å²) in [7, 11) is 0. The van der Waals surface area contributed by atoms with Crippen molar-refractivity contribution in [2.45, 2.75) is 70.4 Å². The normalized spacial score (nSPS) is 18.6. The van der Waals surface area contributed by atoms with Crippen molar-refractivity contribution in [2.75, 3.05) is 0 Å². The maximum atomic E-state index is 6.01. The molecule has 0 aliphatic carbocycles. The van der Waals surface area contributed by atoms with E-state index < -0.39 is 0 Å². The van der Waals surface area contributed by atoms with E-state index in [0.29, 0.717) is 0 Å². The first-order valence-corrected chi connectivity index (χ1v) is 8.06. The maximum absolute atomic E-state index is 6.01. The van der Waals surface area contributed by atoms with Gasteiger partial charge in [-0.1, -0.05) is 63.6 Å². The number of benzene rings is 1. The van der Waals surface area contributed by atoms with Crippen molar-refractivity contribution in [1.29, 1.82) is 0 Å². The molecule has 1 aromatic rings. The van der Waals surface area contributed by atoms with Crippen molar-refractivity contribution >= 4 is 0 Å². The second-order valence-corrected chi connectivity index (χ2v) is 5.80. The van der Waals surface area contributed by atoms with Gasteiger partial charge in [0.15, 0.2) is 0 Å². The van der Waals surface area contributed by atoms with Crippen LogP contribution in [0.25, 0.3) is 0 Å². The van der Waals surface area contributed by atoms with Crippen LogP contribution in [0.3, 0.4) is 0 Å². The van der Waals surface area contributed by atoms with E-state index in [2.05, 4.69) is 24.5 Å². The summed E-state index contributed by atoms with van der Waals surface area (Å²) >= 11 is 0. The van der Waals surface area contributed by atoms with Crippen molar-refractivity contribution in [3.8, 4) is 5.75 Å². The Balaban J connectivity index is 1.71. The minimum atomic E-state index is 0.188. The van der Waals surface area contributed by atoms with Crippen LogP contribution in [-0.2, 0) is 6.42 Å². The van der Waals surface area contributed by atoms with Crippen LogP contribution in [-0.4, -0.2) is 12.1 Å². The molecule has 0 aromatic heterocycles. The zero-order valence-corrected chi connectivity index (χ0v) is 12.6. The molecule has 0 bridgehead atoms. The lowest BCUT2D eigenvalue weighted by atomic mass is 9.99. The summed E-state index contributed by atoms with van der Waals surface area (Å²) in [6, 6.07) is 8.55. The Morgan fingerprint density at radius 3 is 2.70 bits per heavy atom. The van der Waals surface area contributed by atoms with Crippen LogP contribution in [0.15, 0.2) is 24.3 Å². The molecule has 1 aliphatic heterocycles.